The Kier molecular flexibility index (Phi) is 1.86. The third-order valence-electron chi connectivity index (χ3n) is 1.74. The lowest BCUT2D eigenvalue weighted by Gasteiger charge is -2.15. The number of hydrogen-bond donors (Lipinski definition) is 1. The van der Waals surface area contributed by atoms with E-state index in [0.29, 0.717) is 5.69 Å². The van der Waals surface area contributed by atoms with E-state index in [1.807, 2.05) is 20.8 Å². The average molecular weight is 172 g/mol. The SMILES string of the molecule is Cn1[nH]c(C(C)(C)C)c(F)c1=O. The topological polar surface area (TPSA) is 37.8 Å². The summed E-state index contributed by atoms with van der Waals surface area (Å²) in [5, 5.41) is 2.68. The Bertz CT molecular complexity index is 343. The van der Waals surface area contributed by atoms with Gasteiger partial charge in [-0.25, -0.2) is 0 Å². The predicted octanol–water partition coefficient (Wildman–Crippen LogP) is 1.15. The molecule has 0 atom stereocenters. The first-order chi connectivity index (χ1) is 5.34. The molecule has 12 heavy (non-hydrogen) atoms. The number of nitrogens with zero attached hydrogens (tertiary/aromatic N) is 1. The molecule has 0 amide bonds. The van der Waals surface area contributed by atoms with E-state index in [1.54, 1.807) is 0 Å². The summed E-state index contributed by atoms with van der Waals surface area (Å²) in [6, 6.07) is 0. The van der Waals surface area contributed by atoms with Crippen LogP contribution in [0.5, 0.6) is 0 Å². The van der Waals surface area contributed by atoms with Crippen LogP contribution in [0, 0.1) is 5.82 Å². The Labute approximate surface area is 70.2 Å². The summed E-state index contributed by atoms with van der Waals surface area (Å²) in [6.45, 7) is 5.55. The Morgan fingerprint density at radius 3 is 2.08 bits per heavy atom. The molecule has 1 aromatic rings. The van der Waals surface area contributed by atoms with Crippen LogP contribution in [0.15, 0.2) is 4.79 Å². The molecule has 0 aliphatic heterocycles. The van der Waals surface area contributed by atoms with Crippen LogP contribution in [-0.2, 0) is 12.5 Å². The number of aromatic amines is 1. The van der Waals surface area contributed by atoms with Gasteiger partial charge in [-0.2, -0.15) is 4.39 Å². The zero-order valence-electron chi connectivity index (χ0n) is 7.73. The molecule has 0 bridgehead atoms. The highest BCUT2D eigenvalue weighted by Crippen LogP contribution is 2.20. The number of halogens is 1. The molecule has 1 heterocycles. The van der Waals surface area contributed by atoms with Gasteiger partial charge in [-0.05, 0) is 0 Å². The smallest absolute Gasteiger partial charge is 0.296 e. The molecule has 4 heteroatoms. The van der Waals surface area contributed by atoms with Gasteiger partial charge >= 0.3 is 5.56 Å². The standard InChI is InChI=1S/C8H13FN2O/c1-8(2,3)6-5(9)7(12)11(4)10-6/h10H,1-4H3. The van der Waals surface area contributed by atoms with Crippen molar-refractivity contribution in [3.8, 4) is 0 Å². The van der Waals surface area contributed by atoms with Crippen LogP contribution < -0.4 is 5.56 Å². The monoisotopic (exact) mass is 172 g/mol. The van der Waals surface area contributed by atoms with Crippen molar-refractivity contribution in [1.29, 1.82) is 0 Å². The molecule has 0 saturated heterocycles. The van der Waals surface area contributed by atoms with Gasteiger partial charge in [0.2, 0.25) is 5.82 Å². The minimum Gasteiger partial charge on any atom is -0.296 e. The van der Waals surface area contributed by atoms with Crippen molar-refractivity contribution in [3.63, 3.8) is 0 Å². The van der Waals surface area contributed by atoms with E-state index in [4.69, 9.17) is 0 Å². The second kappa shape index (κ2) is 2.47. The third kappa shape index (κ3) is 1.29. The van der Waals surface area contributed by atoms with Crippen LogP contribution in [0.1, 0.15) is 26.5 Å². The molecule has 0 spiro atoms. The second-order valence-electron chi connectivity index (χ2n) is 3.91. The molecule has 0 aromatic carbocycles. The number of nitrogens with one attached hydrogen (secondary N) is 1. The fraction of sp³-hybridized carbons (Fsp3) is 0.625. The van der Waals surface area contributed by atoms with Gasteiger partial charge in [-0.15, -0.1) is 0 Å². The normalized spacial score (nSPS) is 12.1. The zero-order valence-corrected chi connectivity index (χ0v) is 7.73. The number of aromatic nitrogens is 2. The molecular weight excluding hydrogens is 159 g/mol. The largest absolute Gasteiger partial charge is 0.302 e. The lowest BCUT2D eigenvalue weighted by molar-refractivity contribution is 0.507. The Hall–Kier alpha value is -1.06. The van der Waals surface area contributed by atoms with E-state index < -0.39 is 11.4 Å². The van der Waals surface area contributed by atoms with Crippen molar-refractivity contribution in [2.24, 2.45) is 7.05 Å². The summed E-state index contributed by atoms with van der Waals surface area (Å²) in [5.74, 6) is -0.676. The number of rotatable bonds is 0. The molecule has 0 saturated carbocycles. The van der Waals surface area contributed by atoms with E-state index in [2.05, 4.69) is 5.10 Å². The number of aryl methyl sites for hydroxylation is 1. The quantitative estimate of drug-likeness (QED) is 0.626. The number of hydrogen-bond acceptors (Lipinski definition) is 1. The number of H-pyrrole nitrogens is 1. The van der Waals surface area contributed by atoms with Crippen LogP contribution in [0.3, 0.4) is 0 Å². The van der Waals surface area contributed by atoms with E-state index in [0.717, 1.165) is 4.68 Å². The fourth-order valence-electron chi connectivity index (χ4n) is 1.02. The molecule has 0 fully saturated rings. The van der Waals surface area contributed by atoms with E-state index in [9.17, 15) is 9.18 Å². The average Bonchev–Trinajstić information content (AvgIpc) is 2.15. The van der Waals surface area contributed by atoms with Gasteiger partial charge in [0.1, 0.15) is 0 Å². The lowest BCUT2D eigenvalue weighted by atomic mass is 9.92. The highest BCUT2D eigenvalue weighted by Gasteiger charge is 2.23. The zero-order chi connectivity index (χ0) is 9.52. The van der Waals surface area contributed by atoms with Gasteiger partial charge in [0.15, 0.2) is 0 Å². The maximum atomic E-state index is 13.2. The van der Waals surface area contributed by atoms with E-state index >= 15 is 0 Å². The predicted molar refractivity (Wildman–Crippen MR) is 44.7 cm³/mol. The van der Waals surface area contributed by atoms with Crippen molar-refractivity contribution in [3.05, 3.63) is 21.9 Å². The summed E-state index contributed by atoms with van der Waals surface area (Å²) in [6.07, 6.45) is 0. The van der Waals surface area contributed by atoms with Crippen molar-refractivity contribution in [2.75, 3.05) is 0 Å². The molecule has 0 aliphatic rings. The minimum atomic E-state index is -0.676. The maximum Gasteiger partial charge on any atom is 0.302 e. The molecule has 0 unspecified atom stereocenters. The first kappa shape index (κ1) is 9.03. The van der Waals surface area contributed by atoms with E-state index in [-0.39, 0.29) is 5.41 Å². The lowest BCUT2D eigenvalue weighted by Crippen LogP contribution is -2.15. The summed E-state index contributed by atoms with van der Waals surface area (Å²) in [4.78, 5) is 11.0. The van der Waals surface area contributed by atoms with Gasteiger partial charge < -0.3 is 0 Å². The van der Waals surface area contributed by atoms with Crippen molar-refractivity contribution in [2.45, 2.75) is 26.2 Å². The van der Waals surface area contributed by atoms with Crippen molar-refractivity contribution in [1.82, 2.24) is 9.78 Å². The van der Waals surface area contributed by atoms with Gasteiger partial charge in [0, 0.05) is 12.5 Å². The molecule has 0 radical (unpaired) electrons. The third-order valence-corrected chi connectivity index (χ3v) is 1.74. The Balaban J connectivity index is 3.38. The first-order valence-corrected chi connectivity index (χ1v) is 3.79. The summed E-state index contributed by atoms with van der Waals surface area (Å²) < 4.78 is 14.3. The van der Waals surface area contributed by atoms with Crippen LogP contribution in [0.2, 0.25) is 0 Å². The van der Waals surface area contributed by atoms with Crippen molar-refractivity contribution >= 4 is 0 Å². The Morgan fingerprint density at radius 1 is 1.42 bits per heavy atom. The molecule has 68 valence electrons. The molecular formula is C8H13FN2O. The highest BCUT2D eigenvalue weighted by molar-refractivity contribution is 5.13. The molecule has 1 aromatic heterocycles. The van der Waals surface area contributed by atoms with Crippen LogP contribution in [-0.4, -0.2) is 9.78 Å². The molecule has 0 aliphatic carbocycles. The van der Waals surface area contributed by atoms with Crippen LogP contribution >= 0.6 is 0 Å². The fourth-order valence-corrected chi connectivity index (χ4v) is 1.02. The maximum absolute atomic E-state index is 13.2. The molecule has 1 rings (SSSR count). The minimum absolute atomic E-state index is 0.356. The van der Waals surface area contributed by atoms with Crippen molar-refractivity contribution < 1.29 is 4.39 Å². The summed E-state index contributed by atoms with van der Waals surface area (Å²) >= 11 is 0. The van der Waals surface area contributed by atoms with Gasteiger partial charge in [-0.1, -0.05) is 20.8 Å². The first-order valence-electron chi connectivity index (χ1n) is 3.79. The molecule has 1 N–H and O–H groups in total. The molecule has 3 nitrogen and oxygen atoms in total. The summed E-state index contributed by atoms with van der Waals surface area (Å²) in [7, 11) is 1.50. The highest BCUT2D eigenvalue weighted by atomic mass is 19.1. The Morgan fingerprint density at radius 2 is 1.92 bits per heavy atom. The van der Waals surface area contributed by atoms with Crippen LogP contribution in [0.4, 0.5) is 4.39 Å². The summed E-state index contributed by atoms with van der Waals surface area (Å²) in [5.41, 5.74) is -0.597. The van der Waals surface area contributed by atoms with Gasteiger partial charge in [0.05, 0.1) is 5.69 Å². The van der Waals surface area contributed by atoms with E-state index in [1.165, 1.54) is 7.05 Å². The second-order valence-corrected chi connectivity index (χ2v) is 3.91. The van der Waals surface area contributed by atoms with Gasteiger partial charge in [0.25, 0.3) is 0 Å². The van der Waals surface area contributed by atoms with Gasteiger partial charge in [-0.3, -0.25) is 14.6 Å². The van der Waals surface area contributed by atoms with Crippen LogP contribution in [0.25, 0.3) is 0 Å².